The van der Waals surface area contributed by atoms with E-state index in [0.717, 1.165) is 42.9 Å². The molecule has 19 heavy (non-hydrogen) atoms. The molecular formula is C16H25NO2. The maximum Gasteiger partial charge on any atom is 0.122 e. The first-order chi connectivity index (χ1) is 9.16. The SMILES string of the molecule is Cc1cc([C@@H](C)N)ccc1OCCCC1CCCO1. The van der Waals surface area contributed by atoms with Gasteiger partial charge in [-0.15, -0.1) is 0 Å². The van der Waals surface area contributed by atoms with Crippen LogP contribution in [0.3, 0.4) is 0 Å². The summed E-state index contributed by atoms with van der Waals surface area (Å²) in [6.45, 7) is 5.76. The van der Waals surface area contributed by atoms with Crippen LogP contribution in [0.15, 0.2) is 18.2 Å². The molecule has 1 aromatic rings. The first kappa shape index (κ1) is 14.4. The van der Waals surface area contributed by atoms with Crippen molar-refractivity contribution in [1.29, 1.82) is 0 Å². The van der Waals surface area contributed by atoms with Crippen LogP contribution in [0.1, 0.15) is 49.8 Å². The van der Waals surface area contributed by atoms with Gasteiger partial charge in [0.15, 0.2) is 0 Å². The molecule has 1 heterocycles. The van der Waals surface area contributed by atoms with Gasteiger partial charge >= 0.3 is 0 Å². The second-order valence-corrected chi connectivity index (χ2v) is 5.44. The van der Waals surface area contributed by atoms with Crippen molar-refractivity contribution in [2.24, 2.45) is 5.73 Å². The predicted octanol–water partition coefficient (Wildman–Crippen LogP) is 3.35. The highest BCUT2D eigenvalue weighted by Gasteiger charge is 2.14. The Labute approximate surface area is 116 Å². The lowest BCUT2D eigenvalue weighted by Crippen LogP contribution is -2.08. The van der Waals surface area contributed by atoms with Gasteiger partial charge in [-0.1, -0.05) is 12.1 Å². The number of aryl methyl sites for hydroxylation is 1. The van der Waals surface area contributed by atoms with Gasteiger partial charge in [0.2, 0.25) is 0 Å². The van der Waals surface area contributed by atoms with Crippen molar-refractivity contribution < 1.29 is 9.47 Å². The molecule has 3 nitrogen and oxygen atoms in total. The summed E-state index contributed by atoms with van der Waals surface area (Å²) < 4.78 is 11.4. The Kier molecular flexibility index (Phi) is 5.23. The minimum atomic E-state index is 0.0762. The first-order valence-corrected chi connectivity index (χ1v) is 7.27. The Hall–Kier alpha value is -1.06. The Morgan fingerprint density at radius 3 is 2.95 bits per heavy atom. The van der Waals surface area contributed by atoms with Crippen molar-refractivity contribution in [3.63, 3.8) is 0 Å². The van der Waals surface area contributed by atoms with Crippen LogP contribution in [-0.2, 0) is 4.74 Å². The third kappa shape index (κ3) is 4.22. The molecule has 0 radical (unpaired) electrons. The average Bonchev–Trinajstić information content (AvgIpc) is 2.89. The van der Waals surface area contributed by atoms with E-state index in [1.54, 1.807) is 0 Å². The third-order valence-corrected chi connectivity index (χ3v) is 3.68. The zero-order chi connectivity index (χ0) is 13.7. The van der Waals surface area contributed by atoms with Gasteiger partial charge in [0, 0.05) is 12.6 Å². The van der Waals surface area contributed by atoms with E-state index < -0.39 is 0 Å². The van der Waals surface area contributed by atoms with Crippen LogP contribution in [-0.4, -0.2) is 19.3 Å². The molecule has 1 fully saturated rings. The summed E-state index contributed by atoms with van der Waals surface area (Å²) in [4.78, 5) is 0. The average molecular weight is 263 g/mol. The summed E-state index contributed by atoms with van der Waals surface area (Å²) in [5, 5.41) is 0. The molecule has 1 aliphatic rings. The molecule has 1 aromatic carbocycles. The van der Waals surface area contributed by atoms with Crippen molar-refractivity contribution in [1.82, 2.24) is 0 Å². The molecule has 1 unspecified atom stereocenters. The van der Waals surface area contributed by atoms with E-state index >= 15 is 0 Å². The van der Waals surface area contributed by atoms with Crippen LogP contribution in [0.25, 0.3) is 0 Å². The Morgan fingerprint density at radius 1 is 1.47 bits per heavy atom. The number of rotatable bonds is 6. The molecule has 0 aliphatic carbocycles. The van der Waals surface area contributed by atoms with Gasteiger partial charge < -0.3 is 15.2 Å². The molecule has 0 aromatic heterocycles. The molecule has 1 aliphatic heterocycles. The fraction of sp³-hybridized carbons (Fsp3) is 0.625. The number of nitrogens with two attached hydrogens (primary N) is 1. The summed E-state index contributed by atoms with van der Waals surface area (Å²) in [6, 6.07) is 6.26. The highest BCUT2D eigenvalue weighted by Crippen LogP contribution is 2.22. The minimum absolute atomic E-state index is 0.0762. The van der Waals surface area contributed by atoms with Crippen molar-refractivity contribution in [2.75, 3.05) is 13.2 Å². The fourth-order valence-corrected chi connectivity index (χ4v) is 2.48. The van der Waals surface area contributed by atoms with Gasteiger partial charge in [-0.3, -0.25) is 0 Å². The van der Waals surface area contributed by atoms with Crippen molar-refractivity contribution in [2.45, 2.75) is 51.7 Å². The van der Waals surface area contributed by atoms with Gasteiger partial charge in [0.05, 0.1) is 12.7 Å². The number of ether oxygens (including phenoxy) is 2. The molecule has 0 bridgehead atoms. The van der Waals surface area contributed by atoms with Crippen LogP contribution in [0, 0.1) is 6.92 Å². The summed E-state index contributed by atoms with van der Waals surface area (Å²) in [5.74, 6) is 0.969. The Bertz CT molecular complexity index is 398. The van der Waals surface area contributed by atoms with Crippen LogP contribution < -0.4 is 10.5 Å². The summed E-state index contributed by atoms with van der Waals surface area (Å²) in [6.07, 6.45) is 5.05. The lowest BCUT2D eigenvalue weighted by Gasteiger charge is -2.13. The van der Waals surface area contributed by atoms with Crippen LogP contribution in [0.5, 0.6) is 5.75 Å². The zero-order valence-electron chi connectivity index (χ0n) is 12.0. The maximum absolute atomic E-state index is 5.87. The van der Waals surface area contributed by atoms with Crippen LogP contribution >= 0.6 is 0 Å². The van der Waals surface area contributed by atoms with Gasteiger partial charge in [0.1, 0.15) is 5.75 Å². The van der Waals surface area contributed by atoms with Gasteiger partial charge in [-0.25, -0.2) is 0 Å². The summed E-state index contributed by atoms with van der Waals surface area (Å²) in [5.41, 5.74) is 8.19. The molecule has 0 spiro atoms. The standard InChI is InChI=1S/C16H25NO2/c1-12-11-14(13(2)17)7-8-16(12)19-10-4-6-15-5-3-9-18-15/h7-8,11,13,15H,3-6,9-10,17H2,1-2H3/t13-,15?/m1/s1. The highest BCUT2D eigenvalue weighted by atomic mass is 16.5. The number of benzene rings is 1. The van der Waals surface area contributed by atoms with E-state index in [4.69, 9.17) is 15.2 Å². The fourth-order valence-electron chi connectivity index (χ4n) is 2.48. The summed E-state index contributed by atoms with van der Waals surface area (Å²) >= 11 is 0. The predicted molar refractivity (Wildman–Crippen MR) is 77.5 cm³/mol. The molecule has 2 rings (SSSR count). The van der Waals surface area contributed by atoms with Gasteiger partial charge in [-0.05, 0) is 56.7 Å². The number of hydrogen-bond donors (Lipinski definition) is 1. The van der Waals surface area contributed by atoms with E-state index in [1.165, 1.54) is 12.8 Å². The van der Waals surface area contributed by atoms with E-state index in [2.05, 4.69) is 13.0 Å². The maximum atomic E-state index is 5.87. The second-order valence-electron chi connectivity index (χ2n) is 5.44. The first-order valence-electron chi connectivity index (χ1n) is 7.27. The second kappa shape index (κ2) is 6.92. The monoisotopic (exact) mass is 263 g/mol. The third-order valence-electron chi connectivity index (χ3n) is 3.68. The Morgan fingerprint density at radius 2 is 2.32 bits per heavy atom. The van der Waals surface area contributed by atoms with Crippen LogP contribution in [0.2, 0.25) is 0 Å². The van der Waals surface area contributed by atoms with Crippen molar-refractivity contribution >= 4 is 0 Å². The van der Waals surface area contributed by atoms with E-state index in [0.29, 0.717) is 6.10 Å². The van der Waals surface area contributed by atoms with E-state index in [-0.39, 0.29) is 6.04 Å². The smallest absolute Gasteiger partial charge is 0.122 e. The van der Waals surface area contributed by atoms with Gasteiger partial charge in [-0.2, -0.15) is 0 Å². The topological polar surface area (TPSA) is 44.5 Å². The summed E-state index contributed by atoms with van der Waals surface area (Å²) in [7, 11) is 0. The van der Waals surface area contributed by atoms with Crippen molar-refractivity contribution in [3.8, 4) is 5.75 Å². The van der Waals surface area contributed by atoms with E-state index in [9.17, 15) is 0 Å². The van der Waals surface area contributed by atoms with Crippen LogP contribution in [0.4, 0.5) is 0 Å². The quantitative estimate of drug-likeness (QED) is 0.800. The zero-order valence-corrected chi connectivity index (χ0v) is 12.0. The molecule has 0 amide bonds. The minimum Gasteiger partial charge on any atom is -0.493 e. The molecule has 106 valence electrons. The lowest BCUT2D eigenvalue weighted by atomic mass is 10.1. The molecule has 2 N–H and O–H groups in total. The molecular weight excluding hydrogens is 238 g/mol. The highest BCUT2D eigenvalue weighted by molar-refractivity contribution is 5.37. The molecule has 3 heteroatoms. The molecule has 2 atom stereocenters. The molecule has 0 saturated carbocycles. The largest absolute Gasteiger partial charge is 0.493 e. The van der Waals surface area contributed by atoms with E-state index in [1.807, 2.05) is 19.1 Å². The Balaban J connectivity index is 1.76. The lowest BCUT2D eigenvalue weighted by molar-refractivity contribution is 0.0981. The molecule has 1 saturated heterocycles. The van der Waals surface area contributed by atoms with Crippen molar-refractivity contribution in [3.05, 3.63) is 29.3 Å². The normalized spacial score (nSPS) is 20.5. The van der Waals surface area contributed by atoms with Gasteiger partial charge in [0.25, 0.3) is 0 Å². The number of hydrogen-bond acceptors (Lipinski definition) is 3.